The van der Waals surface area contributed by atoms with Crippen LogP contribution in [0.2, 0.25) is 0 Å². The quantitative estimate of drug-likeness (QED) is 0.608. The van der Waals surface area contributed by atoms with Gasteiger partial charge in [0.2, 0.25) is 11.6 Å². The van der Waals surface area contributed by atoms with E-state index in [1.54, 1.807) is 0 Å². The summed E-state index contributed by atoms with van der Waals surface area (Å²) < 4.78 is 26.8. The summed E-state index contributed by atoms with van der Waals surface area (Å²) in [7, 11) is 0. The van der Waals surface area contributed by atoms with Crippen molar-refractivity contribution in [3.8, 4) is 0 Å². The van der Waals surface area contributed by atoms with Gasteiger partial charge >= 0.3 is 0 Å². The maximum atomic E-state index is 13.4. The maximum absolute atomic E-state index is 13.4. The van der Waals surface area contributed by atoms with Crippen molar-refractivity contribution >= 4 is 5.91 Å². The van der Waals surface area contributed by atoms with Gasteiger partial charge in [0.1, 0.15) is 0 Å². The first-order valence-corrected chi connectivity index (χ1v) is 4.30. The molecular weight excluding hydrogens is 180 g/mol. The number of nitrogens with zero attached hydrogens (tertiary/aromatic N) is 1. The fourth-order valence-electron chi connectivity index (χ4n) is 2.14. The van der Waals surface area contributed by atoms with E-state index in [2.05, 4.69) is 0 Å². The van der Waals surface area contributed by atoms with Crippen LogP contribution < -0.4 is 0 Å². The lowest BCUT2D eigenvalue weighted by Crippen LogP contribution is -2.51. The molecule has 3 nitrogen and oxygen atoms in total. The Morgan fingerprint density at radius 2 is 2.23 bits per heavy atom. The van der Waals surface area contributed by atoms with Crippen LogP contribution in [-0.4, -0.2) is 34.1 Å². The molecule has 2 rings (SSSR count). The number of halogens is 2. The second-order valence-electron chi connectivity index (χ2n) is 3.84. The molecule has 0 radical (unpaired) electrons. The number of fused-ring (bicyclic) bond motifs is 1. The summed E-state index contributed by atoms with van der Waals surface area (Å²) in [6, 6.07) is 0. The largest absolute Gasteiger partial charge is 0.366 e. The third kappa shape index (κ3) is 0.829. The predicted octanol–water partition coefficient (Wildman–Crippen LogP) is 0.582. The van der Waals surface area contributed by atoms with Gasteiger partial charge in [0.15, 0.2) is 0 Å². The Morgan fingerprint density at radius 1 is 1.62 bits per heavy atom. The highest BCUT2D eigenvalue weighted by atomic mass is 19.3. The molecule has 1 N–H and O–H groups in total. The number of alkyl halides is 2. The van der Waals surface area contributed by atoms with E-state index in [-0.39, 0.29) is 25.3 Å². The van der Waals surface area contributed by atoms with Crippen LogP contribution >= 0.6 is 0 Å². The maximum Gasteiger partial charge on any atom is 0.298 e. The van der Waals surface area contributed by atoms with Crippen molar-refractivity contribution in [2.45, 2.75) is 31.4 Å². The molecule has 2 atom stereocenters. The van der Waals surface area contributed by atoms with Crippen molar-refractivity contribution < 1.29 is 18.7 Å². The van der Waals surface area contributed by atoms with E-state index in [9.17, 15) is 18.7 Å². The molecule has 2 aliphatic heterocycles. The molecule has 2 aliphatic rings. The number of rotatable bonds is 0. The van der Waals surface area contributed by atoms with Crippen LogP contribution in [0.25, 0.3) is 0 Å². The van der Waals surface area contributed by atoms with Crippen molar-refractivity contribution in [2.24, 2.45) is 5.92 Å². The van der Waals surface area contributed by atoms with Crippen LogP contribution in [0.15, 0.2) is 0 Å². The Bertz CT molecular complexity index is 269. The first kappa shape index (κ1) is 8.87. The molecular formula is C8H11F2NO2. The van der Waals surface area contributed by atoms with Crippen LogP contribution in [0.4, 0.5) is 8.78 Å². The third-order valence-corrected chi connectivity index (χ3v) is 3.04. The lowest BCUT2D eigenvalue weighted by atomic mass is 9.97. The van der Waals surface area contributed by atoms with Crippen LogP contribution in [0.3, 0.4) is 0 Å². The molecule has 1 amide bonds. The lowest BCUT2D eigenvalue weighted by Gasteiger charge is -2.31. The SMILES string of the molecule is C[C@@H]1CN2C(=O)CC[C@]2(O)C1(F)F. The number of aliphatic hydroxyl groups is 1. The first-order chi connectivity index (χ1) is 5.89. The topological polar surface area (TPSA) is 40.5 Å². The zero-order valence-corrected chi connectivity index (χ0v) is 7.26. The van der Waals surface area contributed by atoms with E-state index < -0.39 is 17.6 Å². The molecule has 5 heteroatoms. The van der Waals surface area contributed by atoms with E-state index in [1.165, 1.54) is 6.92 Å². The smallest absolute Gasteiger partial charge is 0.298 e. The summed E-state index contributed by atoms with van der Waals surface area (Å²) in [6.45, 7) is 1.31. The lowest BCUT2D eigenvalue weighted by molar-refractivity contribution is -0.214. The van der Waals surface area contributed by atoms with E-state index in [0.717, 1.165) is 4.90 Å². The van der Waals surface area contributed by atoms with E-state index in [1.807, 2.05) is 0 Å². The second kappa shape index (κ2) is 2.20. The van der Waals surface area contributed by atoms with E-state index in [0.29, 0.717) is 0 Å². The van der Waals surface area contributed by atoms with Gasteiger partial charge in [-0.1, -0.05) is 6.92 Å². The van der Waals surface area contributed by atoms with Crippen molar-refractivity contribution in [1.29, 1.82) is 0 Å². The Balaban J connectivity index is 2.41. The van der Waals surface area contributed by atoms with Crippen molar-refractivity contribution in [3.63, 3.8) is 0 Å². The number of carbonyl (C=O) groups is 1. The van der Waals surface area contributed by atoms with Crippen LogP contribution in [0.1, 0.15) is 19.8 Å². The number of amides is 1. The zero-order chi connectivity index (χ0) is 9.85. The summed E-state index contributed by atoms with van der Waals surface area (Å²) in [4.78, 5) is 12.0. The van der Waals surface area contributed by atoms with Gasteiger partial charge in [0.25, 0.3) is 5.92 Å². The molecule has 0 aliphatic carbocycles. The normalized spacial score (nSPS) is 42.6. The van der Waals surface area contributed by atoms with Crippen LogP contribution in [0, 0.1) is 5.92 Å². The van der Waals surface area contributed by atoms with Gasteiger partial charge in [-0.2, -0.15) is 0 Å². The molecule has 0 aromatic carbocycles. The Hall–Kier alpha value is -0.710. The van der Waals surface area contributed by atoms with Gasteiger partial charge in [0, 0.05) is 25.3 Å². The van der Waals surface area contributed by atoms with Crippen molar-refractivity contribution in [3.05, 3.63) is 0 Å². The summed E-state index contributed by atoms with van der Waals surface area (Å²) in [5, 5.41) is 9.65. The second-order valence-corrected chi connectivity index (χ2v) is 3.84. The Kier molecular flexibility index (Phi) is 1.50. The average Bonchev–Trinajstić information content (AvgIpc) is 2.40. The van der Waals surface area contributed by atoms with E-state index in [4.69, 9.17) is 0 Å². The summed E-state index contributed by atoms with van der Waals surface area (Å²) in [5.74, 6) is -4.49. The molecule has 13 heavy (non-hydrogen) atoms. The van der Waals surface area contributed by atoms with Gasteiger partial charge in [-0.05, 0) is 0 Å². The monoisotopic (exact) mass is 191 g/mol. The van der Waals surface area contributed by atoms with Gasteiger partial charge in [-0.25, -0.2) is 8.78 Å². The Morgan fingerprint density at radius 3 is 2.77 bits per heavy atom. The van der Waals surface area contributed by atoms with Crippen molar-refractivity contribution in [1.82, 2.24) is 4.90 Å². The van der Waals surface area contributed by atoms with Crippen molar-refractivity contribution in [2.75, 3.05) is 6.54 Å². The standard InChI is InChI=1S/C8H11F2NO2/c1-5-4-11-6(12)2-3-7(11,13)8(5,9)10/h5,13H,2-4H2,1H3/t5-,7+/m1/s1. The van der Waals surface area contributed by atoms with Gasteiger partial charge in [0.05, 0.1) is 0 Å². The first-order valence-electron chi connectivity index (χ1n) is 4.30. The summed E-state index contributed by atoms with van der Waals surface area (Å²) in [6.07, 6.45) is -0.123. The highest BCUT2D eigenvalue weighted by Crippen LogP contribution is 2.50. The third-order valence-electron chi connectivity index (χ3n) is 3.04. The Labute approximate surface area is 74.3 Å². The molecule has 2 fully saturated rings. The molecule has 2 heterocycles. The number of hydrogen-bond acceptors (Lipinski definition) is 2. The fraction of sp³-hybridized carbons (Fsp3) is 0.875. The molecule has 0 bridgehead atoms. The molecule has 0 spiro atoms. The zero-order valence-electron chi connectivity index (χ0n) is 7.26. The van der Waals surface area contributed by atoms with Gasteiger partial charge < -0.3 is 10.0 Å². The molecule has 2 saturated heterocycles. The van der Waals surface area contributed by atoms with Gasteiger partial charge in [-0.3, -0.25) is 4.79 Å². The average molecular weight is 191 g/mol. The predicted molar refractivity (Wildman–Crippen MR) is 40.0 cm³/mol. The fourth-order valence-corrected chi connectivity index (χ4v) is 2.14. The number of carbonyl (C=O) groups excluding carboxylic acids is 1. The van der Waals surface area contributed by atoms with Crippen LogP contribution in [-0.2, 0) is 4.79 Å². The molecule has 0 aromatic rings. The highest BCUT2D eigenvalue weighted by Gasteiger charge is 2.68. The minimum Gasteiger partial charge on any atom is -0.366 e. The summed E-state index contributed by atoms with van der Waals surface area (Å²) >= 11 is 0. The van der Waals surface area contributed by atoms with Gasteiger partial charge in [-0.15, -0.1) is 0 Å². The molecule has 74 valence electrons. The molecule has 0 saturated carbocycles. The minimum atomic E-state index is -3.17. The van der Waals surface area contributed by atoms with E-state index >= 15 is 0 Å². The molecule has 0 unspecified atom stereocenters. The van der Waals surface area contributed by atoms with Crippen LogP contribution in [0.5, 0.6) is 0 Å². The summed E-state index contributed by atoms with van der Waals surface area (Å²) in [5.41, 5.74) is -2.20. The minimum absolute atomic E-state index is 0.0266. The molecule has 0 aromatic heterocycles. The highest BCUT2D eigenvalue weighted by molar-refractivity contribution is 5.80. The number of hydrogen-bond donors (Lipinski definition) is 1.